The lowest BCUT2D eigenvalue weighted by molar-refractivity contribution is -0.123. The van der Waals surface area contributed by atoms with E-state index < -0.39 is 0 Å². The molecule has 0 fully saturated rings. The largest absolute Gasteiger partial charge is 0.483 e. The van der Waals surface area contributed by atoms with Gasteiger partial charge in [-0.15, -0.1) is 0 Å². The molecule has 7 heteroatoms. The molecule has 1 N–H and O–H groups in total. The first-order valence-corrected chi connectivity index (χ1v) is 8.58. The van der Waals surface area contributed by atoms with Crippen LogP contribution in [-0.4, -0.2) is 12.5 Å². The van der Waals surface area contributed by atoms with Crippen LogP contribution < -0.4 is 10.1 Å². The zero-order valence-corrected chi connectivity index (χ0v) is 15.9. The van der Waals surface area contributed by atoms with Gasteiger partial charge in [-0.2, -0.15) is 0 Å². The molecule has 0 bridgehead atoms. The SMILES string of the molecule is O=C(COc1ccc(Br)cc1Br)NCc1ccc(Cl)cc1Cl. The van der Waals surface area contributed by atoms with Gasteiger partial charge in [-0.1, -0.05) is 45.2 Å². The Morgan fingerprint density at radius 2 is 1.91 bits per heavy atom. The second-order valence-electron chi connectivity index (χ2n) is 4.38. The van der Waals surface area contributed by atoms with Crippen LogP contribution in [0.25, 0.3) is 0 Å². The number of benzene rings is 2. The number of carbonyl (C=O) groups is 1. The van der Waals surface area contributed by atoms with Crippen molar-refractivity contribution in [3.63, 3.8) is 0 Å². The van der Waals surface area contributed by atoms with Crippen LogP contribution in [0.15, 0.2) is 45.3 Å². The number of nitrogens with one attached hydrogen (secondary N) is 1. The fourth-order valence-corrected chi connectivity index (χ4v) is 3.28. The van der Waals surface area contributed by atoms with Crippen LogP contribution >= 0.6 is 55.1 Å². The average molecular weight is 468 g/mol. The number of halogens is 4. The van der Waals surface area contributed by atoms with Crippen molar-refractivity contribution in [2.24, 2.45) is 0 Å². The van der Waals surface area contributed by atoms with Crippen LogP contribution in [0.1, 0.15) is 5.56 Å². The summed E-state index contributed by atoms with van der Waals surface area (Å²) in [7, 11) is 0. The van der Waals surface area contributed by atoms with E-state index in [0.29, 0.717) is 22.3 Å². The summed E-state index contributed by atoms with van der Waals surface area (Å²) in [6, 6.07) is 10.6. The summed E-state index contributed by atoms with van der Waals surface area (Å²) in [5.74, 6) is 0.365. The molecular formula is C15H11Br2Cl2NO2. The summed E-state index contributed by atoms with van der Waals surface area (Å²) >= 11 is 18.6. The summed E-state index contributed by atoms with van der Waals surface area (Å²) in [6.07, 6.45) is 0. The molecule has 3 nitrogen and oxygen atoms in total. The fourth-order valence-electron chi connectivity index (χ4n) is 1.65. The van der Waals surface area contributed by atoms with E-state index in [1.54, 1.807) is 24.3 Å². The van der Waals surface area contributed by atoms with Gasteiger partial charge in [0.1, 0.15) is 5.75 Å². The number of rotatable bonds is 5. The zero-order chi connectivity index (χ0) is 16.1. The Kier molecular flexibility index (Phi) is 6.56. The first kappa shape index (κ1) is 17.6. The highest BCUT2D eigenvalue weighted by atomic mass is 79.9. The zero-order valence-electron chi connectivity index (χ0n) is 11.2. The first-order valence-electron chi connectivity index (χ1n) is 6.24. The highest BCUT2D eigenvalue weighted by Gasteiger charge is 2.07. The third-order valence-corrected chi connectivity index (χ3v) is 4.44. The fraction of sp³-hybridized carbons (Fsp3) is 0.133. The first-order chi connectivity index (χ1) is 10.5. The molecule has 22 heavy (non-hydrogen) atoms. The molecule has 116 valence electrons. The summed E-state index contributed by atoms with van der Waals surface area (Å²) in [6.45, 7) is 0.241. The van der Waals surface area contributed by atoms with Gasteiger partial charge in [-0.05, 0) is 51.8 Å². The van der Waals surface area contributed by atoms with Crippen LogP contribution in [0.3, 0.4) is 0 Å². The molecule has 2 aromatic carbocycles. The maximum absolute atomic E-state index is 11.8. The van der Waals surface area contributed by atoms with E-state index in [1.807, 2.05) is 12.1 Å². The van der Waals surface area contributed by atoms with Crippen LogP contribution in [0, 0.1) is 0 Å². The van der Waals surface area contributed by atoms with Crippen LogP contribution in [0.4, 0.5) is 0 Å². The predicted molar refractivity (Wildman–Crippen MR) is 95.6 cm³/mol. The average Bonchev–Trinajstić information content (AvgIpc) is 2.45. The van der Waals surface area contributed by atoms with Gasteiger partial charge in [0.2, 0.25) is 0 Å². The van der Waals surface area contributed by atoms with Gasteiger partial charge in [-0.25, -0.2) is 0 Å². The van der Waals surface area contributed by atoms with Crippen molar-refractivity contribution in [2.75, 3.05) is 6.61 Å². The minimum Gasteiger partial charge on any atom is -0.483 e. The molecule has 0 radical (unpaired) electrons. The molecule has 2 aromatic rings. The number of ether oxygens (including phenoxy) is 1. The van der Waals surface area contributed by atoms with Gasteiger partial charge >= 0.3 is 0 Å². The molecule has 0 aliphatic heterocycles. The van der Waals surface area contributed by atoms with Gasteiger partial charge in [0.15, 0.2) is 6.61 Å². The summed E-state index contributed by atoms with van der Waals surface area (Å²) in [5.41, 5.74) is 0.796. The van der Waals surface area contributed by atoms with Gasteiger partial charge in [-0.3, -0.25) is 4.79 Å². The van der Waals surface area contributed by atoms with Crippen molar-refractivity contribution in [3.05, 3.63) is 61.0 Å². The number of carbonyl (C=O) groups excluding carboxylic acids is 1. The smallest absolute Gasteiger partial charge is 0.258 e. The molecule has 0 heterocycles. The molecule has 0 aliphatic carbocycles. The van der Waals surface area contributed by atoms with Gasteiger partial charge < -0.3 is 10.1 Å². The van der Waals surface area contributed by atoms with E-state index in [1.165, 1.54) is 0 Å². The van der Waals surface area contributed by atoms with Gasteiger partial charge in [0.25, 0.3) is 5.91 Å². The summed E-state index contributed by atoms with van der Waals surface area (Å²) in [4.78, 5) is 11.8. The van der Waals surface area contributed by atoms with E-state index in [-0.39, 0.29) is 12.5 Å². The summed E-state index contributed by atoms with van der Waals surface area (Å²) < 4.78 is 7.16. The van der Waals surface area contributed by atoms with Crippen molar-refractivity contribution >= 4 is 61.0 Å². The lowest BCUT2D eigenvalue weighted by atomic mass is 10.2. The van der Waals surface area contributed by atoms with E-state index in [4.69, 9.17) is 27.9 Å². The van der Waals surface area contributed by atoms with Crippen molar-refractivity contribution < 1.29 is 9.53 Å². The molecule has 0 aliphatic rings. The predicted octanol–water partition coefficient (Wildman–Crippen LogP) is 5.21. The maximum atomic E-state index is 11.8. The van der Waals surface area contributed by atoms with Crippen molar-refractivity contribution in [1.82, 2.24) is 5.32 Å². The molecule has 0 saturated carbocycles. The number of hydrogen-bond acceptors (Lipinski definition) is 2. The Morgan fingerprint density at radius 3 is 2.59 bits per heavy atom. The lowest BCUT2D eigenvalue weighted by Gasteiger charge is -2.10. The molecular weight excluding hydrogens is 457 g/mol. The highest BCUT2D eigenvalue weighted by Crippen LogP contribution is 2.28. The van der Waals surface area contributed by atoms with Crippen molar-refractivity contribution in [2.45, 2.75) is 6.54 Å². The third kappa shape index (κ3) is 5.16. The van der Waals surface area contributed by atoms with Gasteiger partial charge in [0, 0.05) is 21.1 Å². The molecule has 0 aromatic heterocycles. The van der Waals surface area contributed by atoms with E-state index in [2.05, 4.69) is 37.2 Å². The Hall–Kier alpha value is -0.750. The maximum Gasteiger partial charge on any atom is 0.258 e. The van der Waals surface area contributed by atoms with E-state index >= 15 is 0 Å². The Balaban J connectivity index is 1.85. The van der Waals surface area contributed by atoms with Crippen LogP contribution in [0.2, 0.25) is 10.0 Å². The van der Waals surface area contributed by atoms with E-state index in [0.717, 1.165) is 14.5 Å². The molecule has 0 atom stereocenters. The highest BCUT2D eigenvalue weighted by molar-refractivity contribution is 9.11. The van der Waals surface area contributed by atoms with Crippen LogP contribution in [0.5, 0.6) is 5.75 Å². The molecule has 1 amide bonds. The van der Waals surface area contributed by atoms with Gasteiger partial charge in [0.05, 0.1) is 4.47 Å². The Morgan fingerprint density at radius 1 is 1.14 bits per heavy atom. The Labute approximate surface area is 155 Å². The minimum atomic E-state index is -0.235. The molecule has 0 spiro atoms. The summed E-state index contributed by atoms with van der Waals surface area (Å²) in [5, 5.41) is 3.82. The normalized spacial score (nSPS) is 10.4. The standard InChI is InChI=1S/C15H11Br2Cl2NO2/c16-10-2-4-14(12(17)5-10)22-8-15(21)20-7-9-1-3-11(18)6-13(9)19/h1-6H,7-8H2,(H,20,21). The lowest BCUT2D eigenvalue weighted by Crippen LogP contribution is -2.28. The number of amides is 1. The van der Waals surface area contributed by atoms with Crippen LogP contribution in [-0.2, 0) is 11.3 Å². The quantitative estimate of drug-likeness (QED) is 0.655. The molecule has 0 unspecified atom stereocenters. The second kappa shape index (κ2) is 8.20. The topological polar surface area (TPSA) is 38.3 Å². The third-order valence-electron chi connectivity index (χ3n) is 2.74. The van der Waals surface area contributed by atoms with Crippen molar-refractivity contribution in [1.29, 1.82) is 0 Å². The monoisotopic (exact) mass is 465 g/mol. The Bertz CT molecular complexity index is 638. The molecule has 2 rings (SSSR count). The van der Waals surface area contributed by atoms with Crippen molar-refractivity contribution in [3.8, 4) is 5.75 Å². The molecule has 0 saturated heterocycles. The second-order valence-corrected chi connectivity index (χ2v) is 6.99. The number of hydrogen-bond donors (Lipinski definition) is 1. The van der Waals surface area contributed by atoms with E-state index in [9.17, 15) is 4.79 Å². The minimum absolute atomic E-state index is 0.0779.